The number of amides is 1. The normalized spacial score (nSPS) is 10.8. The zero-order valence-corrected chi connectivity index (χ0v) is 18.8. The van der Waals surface area contributed by atoms with Crippen molar-refractivity contribution in [3.05, 3.63) is 88.5 Å². The van der Waals surface area contributed by atoms with Crippen LogP contribution >= 0.6 is 0 Å². The van der Waals surface area contributed by atoms with Crippen LogP contribution in [0.1, 0.15) is 18.3 Å². The molecule has 0 saturated heterocycles. The number of ether oxygens (including phenoxy) is 2. The van der Waals surface area contributed by atoms with Crippen LogP contribution in [0.5, 0.6) is 11.5 Å². The topological polar surface area (TPSA) is 82.4 Å². The fraction of sp³-hybridized carbons (Fsp3) is 0.192. The summed E-state index contributed by atoms with van der Waals surface area (Å²) in [5, 5.41) is 3.42. The Balaban J connectivity index is 1.51. The molecule has 0 spiro atoms. The van der Waals surface area contributed by atoms with Crippen LogP contribution in [0.15, 0.2) is 71.5 Å². The summed E-state index contributed by atoms with van der Waals surface area (Å²) in [5.41, 5.74) is 2.69. The molecule has 7 heteroatoms. The first-order chi connectivity index (χ1) is 16.0. The highest BCUT2D eigenvalue weighted by Crippen LogP contribution is 2.26. The molecule has 0 unspecified atom stereocenters. The SMILES string of the molecule is CCOc1ccccc1OCC(=O)Nc1ccc(-n2c(C)nc3ccccc3c2=O)cc1C. The second-order valence-electron chi connectivity index (χ2n) is 7.53. The number of nitrogens with one attached hydrogen (secondary N) is 1. The maximum atomic E-state index is 13.0. The highest BCUT2D eigenvalue weighted by molar-refractivity contribution is 5.92. The number of para-hydroxylation sites is 3. The van der Waals surface area contributed by atoms with Gasteiger partial charge in [0.1, 0.15) is 5.82 Å². The van der Waals surface area contributed by atoms with E-state index in [4.69, 9.17) is 9.47 Å². The van der Waals surface area contributed by atoms with E-state index in [1.165, 1.54) is 0 Å². The lowest BCUT2D eigenvalue weighted by atomic mass is 10.1. The molecular weight excluding hydrogens is 418 g/mol. The quantitative estimate of drug-likeness (QED) is 0.457. The lowest BCUT2D eigenvalue weighted by Crippen LogP contribution is -2.23. The van der Waals surface area contributed by atoms with E-state index in [-0.39, 0.29) is 18.1 Å². The number of carbonyl (C=O) groups excluding carboxylic acids is 1. The molecule has 0 atom stereocenters. The Kier molecular flexibility index (Phi) is 6.40. The molecule has 1 aromatic heterocycles. The first-order valence-electron chi connectivity index (χ1n) is 10.7. The van der Waals surface area contributed by atoms with Crippen molar-refractivity contribution >= 4 is 22.5 Å². The second-order valence-corrected chi connectivity index (χ2v) is 7.53. The van der Waals surface area contributed by atoms with Crippen molar-refractivity contribution in [1.82, 2.24) is 9.55 Å². The smallest absolute Gasteiger partial charge is 0.265 e. The van der Waals surface area contributed by atoms with E-state index in [1.807, 2.05) is 50.2 Å². The van der Waals surface area contributed by atoms with Gasteiger partial charge in [-0.2, -0.15) is 0 Å². The van der Waals surface area contributed by atoms with Gasteiger partial charge in [0.25, 0.3) is 11.5 Å². The number of aryl methyl sites for hydroxylation is 2. The molecule has 0 radical (unpaired) electrons. The van der Waals surface area contributed by atoms with E-state index < -0.39 is 0 Å². The second kappa shape index (κ2) is 9.56. The van der Waals surface area contributed by atoms with Gasteiger partial charge in [-0.1, -0.05) is 24.3 Å². The monoisotopic (exact) mass is 443 g/mol. The third-order valence-electron chi connectivity index (χ3n) is 5.19. The van der Waals surface area contributed by atoms with E-state index in [2.05, 4.69) is 10.3 Å². The minimum atomic E-state index is -0.294. The van der Waals surface area contributed by atoms with E-state index >= 15 is 0 Å². The van der Waals surface area contributed by atoms with Crippen LogP contribution in [0.25, 0.3) is 16.6 Å². The van der Waals surface area contributed by atoms with Crippen molar-refractivity contribution < 1.29 is 14.3 Å². The summed E-state index contributed by atoms with van der Waals surface area (Å²) in [6.45, 7) is 5.92. The van der Waals surface area contributed by atoms with Crippen LogP contribution in [0.4, 0.5) is 5.69 Å². The van der Waals surface area contributed by atoms with Crippen molar-refractivity contribution in [2.75, 3.05) is 18.5 Å². The third kappa shape index (κ3) is 4.72. The number of carbonyl (C=O) groups is 1. The van der Waals surface area contributed by atoms with Gasteiger partial charge in [0.2, 0.25) is 0 Å². The molecule has 7 nitrogen and oxygen atoms in total. The highest BCUT2D eigenvalue weighted by atomic mass is 16.5. The van der Waals surface area contributed by atoms with Crippen molar-refractivity contribution in [3.8, 4) is 17.2 Å². The zero-order valence-electron chi connectivity index (χ0n) is 18.8. The lowest BCUT2D eigenvalue weighted by Gasteiger charge is -2.15. The molecule has 0 aliphatic carbocycles. The van der Waals surface area contributed by atoms with Gasteiger partial charge in [0.15, 0.2) is 18.1 Å². The van der Waals surface area contributed by atoms with Crippen LogP contribution in [-0.2, 0) is 4.79 Å². The van der Waals surface area contributed by atoms with Gasteiger partial charge in [-0.15, -0.1) is 0 Å². The molecule has 1 heterocycles. The molecule has 0 fully saturated rings. The highest BCUT2D eigenvalue weighted by Gasteiger charge is 2.13. The minimum absolute atomic E-state index is 0.129. The summed E-state index contributed by atoms with van der Waals surface area (Å²) in [6, 6.07) is 19.9. The Bertz CT molecular complexity index is 1380. The van der Waals surface area contributed by atoms with E-state index in [0.717, 1.165) is 5.56 Å². The van der Waals surface area contributed by atoms with Gasteiger partial charge in [-0.25, -0.2) is 4.98 Å². The molecular formula is C26H25N3O4. The first-order valence-corrected chi connectivity index (χ1v) is 10.7. The number of anilines is 1. The number of hydrogen-bond acceptors (Lipinski definition) is 5. The molecule has 3 aromatic carbocycles. The number of rotatable bonds is 7. The molecule has 0 saturated carbocycles. The summed E-state index contributed by atoms with van der Waals surface area (Å²) >= 11 is 0. The third-order valence-corrected chi connectivity index (χ3v) is 5.19. The standard InChI is InChI=1S/C26H25N3O4/c1-4-32-23-11-7-8-12-24(23)33-16-25(30)28-21-14-13-19(15-17(21)2)29-18(3)27-22-10-6-5-9-20(22)26(29)31/h5-15H,4,16H2,1-3H3,(H,28,30). The Morgan fingerprint density at radius 3 is 2.39 bits per heavy atom. The van der Waals surface area contributed by atoms with Crippen LogP contribution in [0.3, 0.4) is 0 Å². The molecule has 0 bridgehead atoms. The predicted octanol–water partition coefficient (Wildman–Crippen LogP) is 4.42. The molecule has 33 heavy (non-hydrogen) atoms. The molecule has 4 rings (SSSR count). The van der Waals surface area contributed by atoms with E-state index in [1.54, 1.807) is 41.8 Å². The van der Waals surface area contributed by atoms with Crippen LogP contribution < -0.4 is 20.3 Å². The van der Waals surface area contributed by atoms with Crippen LogP contribution in [-0.4, -0.2) is 28.7 Å². The molecule has 0 aliphatic rings. The molecule has 4 aromatic rings. The number of benzene rings is 3. The summed E-state index contributed by atoms with van der Waals surface area (Å²) in [7, 11) is 0. The zero-order chi connectivity index (χ0) is 23.4. The van der Waals surface area contributed by atoms with Gasteiger partial charge in [-0.3, -0.25) is 14.2 Å². The number of hydrogen-bond donors (Lipinski definition) is 1. The van der Waals surface area contributed by atoms with Gasteiger partial charge in [-0.05, 0) is 68.8 Å². The van der Waals surface area contributed by atoms with Crippen LogP contribution in [0, 0.1) is 13.8 Å². The van der Waals surface area contributed by atoms with E-state index in [9.17, 15) is 9.59 Å². The Morgan fingerprint density at radius 2 is 1.67 bits per heavy atom. The van der Waals surface area contributed by atoms with Crippen molar-refractivity contribution in [1.29, 1.82) is 0 Å². The fourth-order valence-corrected chi connectivity index (χ4v) is 3.65. The number of aromatic nitrogens is 2. The molecule has 1 N–H and O–H groups in total. The average Bonchev–Trinajstić information content (AvgIpc) is 2.80. The average molecular weight is 444 g/mol. The largest absolute Gasteiger partial charge is 0.490 e. The maximum Gasteiger partial charge on any atom is 0.265 e. The fourth-order valence-electron chi connectivity index (χ4n) is 3.65. The van der Waals surface area contributed by atoms with Crippen molar-refractivity contribution in [3.63, 3.8) is 0 Å². The van der Waals surface area contributed by atoms with Crippen molar-refractivity contribution in [2.45, 2.75) is 20.8 Å². The van der Waals surface area contributed by atoms with Crippen molar-refractivity contribution in [2.24, 2.45) is 0 Å². The maximum absolute atomic E-state index is 13.0. The molecule has 168 valence electrons. The summed E-state index contributed by atoms with van der Waals surface area (Å²) in [5.74, 6) is 1.41. The number of fused-ring (bicyclic) bond motifs is 1. The predicted molar refractivity (Wildman–Crippen MR) is 129 cm³/mol. The van der Waals surface area contributed by atoms with E-state index in [0.29, 0.717) is 46.2 Å². The van der Waals surface area contributed by atoms with Crippen LogP contribution in [0.2, 0.25) is 0 Å². The first kappa shape index (κ1) is 22.1. The van der Waals surface area contributed by atoms with Gasteiger partial charge in [0.05, 0.1) is 23.2 Å². The molecule has 1 amide bonds. The van der Waals surface area contributed by atoms with Gasteiger partial charge in [0, 0.05) is 5.69 Å². The summed E-state index contributed by atoms with van der Waals surface area (Å²) in [6.07, 6.45) is 0. The minimum Gasteiger partial charge on any atom is -0.490 e. The Morgan fingerprint density at radius 1 is 0.970 bits per heavy atom. The summed E-state index contributed by atoms with van der Waals surface area (Å²) < 4.78 is 12.7. The molecule has 0 aliphatic heterocycles. The summed E-state index contributed by atoms with van der Waals surface area (Å²) in [4.78, 5) is 30.1. The van der Waals surface area contributed by atoms with Gasteiger partial charge < -0.3 is 14.8 Å². The Hall–Kier alpha value is -4.13. The Labute approximate surface area is 191 Å². The van der Waals surface area contributed by atoms with Gasteiger partial charge >= 0.3 is 0 Å². The lowest BCUT2D eigenvalue weighted by molar-refractivity contribution is -0.118. The number of nitrogens with zero attached hydrogens (tertiary/aromatic N) is 2.